The lowest BCUT2D eigenvalue weighted by Gasteiger charge is -2.21. The van der Waals surface area contributed by atoms with Crippen molar-refractivity contribution in [2.24, 2.45) is 5.92 Å². The molecule has 0 aromatic heterocycles. The van der Waals surface area contributed by atoms with E-state index in [0.29, 0.717) is 12.0 Å². The normalized spacial score (nSPS) is 42.7. The number of hydrogen-bond donors (Lipinski definition) is 1. The minimum absolute atomic E-state index is 0.00926. The summed E-state index contributed by atoms with van der Waals surface area (Å²) in [6.07, 6.45) is 2.33. The molecular formula is C7H11NO2. The zero-order valence-electron chi connectivity index (χ0n) is 5.96. The highest BCUT2D eigenvalue weighted by Crippen LogP contribution is 2.38. The van der Waals surface area contributed by atoms with Crippen LogP contribution in [0.2, 0.25) is 0 Å². The number of fused-ring (bicyclic) bond motifs is 1. The number of hydrogen-bond acceptors (Lipinski definition) is 3. The predicted octanol–water partition coefficient (Wildman–Crippen LogP) is -0.0902. The predicted molar refractivity (Wildman–Crippen MR) is 35.5 cm³/mol. The van der Waals surface area contributed by atoms with Crippen molar-refractivity contribution in [1.82, 2.24) is 5.32 Å². The van der Waals surface area contributed by atoms with Gasteiger partial charge in [-0.3, -0.25) is 4.79 Å². The third kappa shape index (κ3) is 0.669. The number of nitrogens with one attached hydrogen (secondary N) is 1. The minimum Gasteiger partial charge on any atom is -0.468 e. The molecule has 3 aliphatic rings. The first-order valence-corrected chi connectivity index (χ1v) is 3.65. The number of carbonyl (C=O) groups is 1. The fraction of sp³-hybridized carbons (Fsp3) is 0.857. The van der Waals surface area contributed by atoms with Crippen molar-refractivity contribution in [3.05, 3.63) is 0 Å². The van der Waals surface area contributed by atoms with Gasteiger partial charge < -0.3 is 10.1 Å². The molecule has 0 radical (unpaired) electrons. The number of carbonyl (C=O) groups excluding carboxylic acids is 1. The third-order valence-corrected chi connectivity index (χ3v) is 2.52. The molecule has 2 heterocycles. The lowest BCUT2D eigenvalue weighted by molar-refractivity contribution is -0.143. The fourth-order valence-electron chi connectivity index (χ4n) is 1.85. The van der Waals surface area contributed by atoms with Crippen LogP contribution in [-0.2, 0) is 9.53 Å². The molecular weight excluding hydrogens is 130 g/mol. The third-order valence-electron chi connectivity index (χ3n) is 2.52. The van der Waals surface area contributed by atoms with Gasteiger partial charge in [-0.25, -0.2) is 0 Å². The van der Waals surface area contributed by atoms with E-state index >= 15 is 0 Å². The van der Waals surface area contributed by atoms with Gasteiger partial charge in [-0.05, 0) is 18.8 Å². The average molecular weight is 141 g/mol. The summed E-state index contributed by atoms with van der Waals surface area (Å²) in [6, 6.07) is 0.615. The van der Waals surface area contributed by atoms with E-state index in [1.165, 1.54) is 20.0 Å². The summed E-state index contributed by atoms with van der Waals surface area (Å²) in [4.78, 5) is 11.0. The molecule has 56 valence electrons. The Kier molecular flexibility index (Phi) is 1.20. The highest BCUT2D eigenvalue weighted by Gasteiger charge is 2.47. The lowest BCUT2D eigenvalue weighted by atomic mass is 9.83. The summed E-state index contributed by atoms with van der Waals surface area (Å²) in [5, 5.41) is 3.20. The van der Waals surface area contributed by atoms with Crippen LogP contribution < -0.4 is 5.32 Å². The largest absolute Gasteiger partial charge is 0.468 e. The highest BCUT2D eigenvalue weighted by molar-refractivity contribution is 5.77. The second kappa shape index (κ2) is 1.95. The van der Waals surface area contributed by atoms with Crippen molar-refractivity contribution in [3.63, 3.8) is 0 Å². The molecule has 3 fully saturated rings. The van der Waals surface area contributed by atoms with Gasteiger partial charge in [0.1, 0.15) is 6.04 Å². The standard InChI is InChI=1S/C7H11NO2/c1-10-7(9)6-4-2-5(3-4)8-6/h4-6,8H,2-3H2,1H3/t4?,5?,6-/m0/s1. The van der Waals surface area contributed by atoms with E-state index in [1.54, 1.807) is 0 Å². The Labute approximate surface area is 59.7 Å². The van der Waals surface area contributed by atoms with Gasteiger partial charge in [-0.1, -0.05) is 0 Å². The second-order valence-corrected chi connectivity index (χ2v) is 3.10. The SMILES string of the molecule is COC(=O)[C@H]1NC2CC1C2. The van der Waals surface area contributed by atoms with E-state index in [1.807, 2.05) is 0 Å². The maximum Gasteiger partial charge on any atom is 0.323 e. The van der Waals surface area contributed by atoms with Crippen molar-refractivity contribution in [2.45, 2.75) is 24.9 Å². The van der Waals surface area contributed by atoms with Crippen LogP contribution in [0.3, 0.4) is 0 Å². The van der Waals surface area contributed by atoms with Crippen LogP contribution in [0.15, 0.2) is 0 Å². The van der Waals surface area contributed by atoms with Crippen molar-refractivity contribution >= 4 is 5.97 Å². The van der Waals surface area contributed by atoms with Gasteiger partial charge in [0.25, 0.3) is 0 Å². The summed E-state index contributed by atoms with van der Waals surface area (Å²) in [6.45, 7) is 0. The Bertz CT molecular complexity index is 163. The number of ether oxygens (including phenoxy) is 1. The summed E-state index contributed by atoms with van der Waals surface area (Å²) in [5.41, 5.74) is 0. The molecule has 0 spiro atoms. The maximum atomic E-state index is 11.0. The topological polar surface area (TPSA) is 38.3 Å². The summed E-state index contributed by atoms with van der Waals surface area (Å²) < 4.78 is 4.63. The van der Waals surface area contributed by atoms with Gasteiger partial charge in [0.15, 0.2) is 0 Å². The van der Waals surface area contributed by atoms with Crippen molar-refractivity contribution in [3.8, 4) is 0 Å². The molecule has 0 aromatic carbocycles. The van der Waals surface area contributed by atoms with Crippen LogP contribution in [0.5, 0.6) is 0 Å². The van der Waals surface area contributed by atoms with Crippen molar-refractivity contribution < 1.29 is 9.53 Å². The average Bonchev–Trinajstić information content (AvgIpc) is 2.39. The molecule has 3 heteroatoms. The van der Waals surface area contributed by atoms with Gasteiger partial charge in [-0.2, -0.15) is 0 Å². The molecule has 0 unspecified atom stereocenters. The molecule has 10 heavy (non-hydrogen) atoms. The molecule has 0 aromatic rings. The molecule has 1 saturated carbocycles. The Morgan fingerprint density at radius 3 is 2.70 bits per heavy atom. The molecule has 1 aliphatic carbocycles. The van der Waals surface area contributed by atoms with Crippen LogP contribution >= 0.6 is 0 Å². The van der Waals surface area contributed by atoms with E-state index < -0.39 is 0 Å². The molecule has 0 amide bonds. The zero-order chi connectivity index (χ0) is 7.14. The summed E-state index contributed by atoms with van der Waals surface area (Å²) >= 11 is 0. The highest BCUT2D eigenvalue weighted by atomic mass is 16.5. The van der Waals surface area contributed by atoms with Crippen LogP contribution in [-0.4, -0.2) is 25.2 Å². The van der Waals surface area contributed by atoms with Crippen molar-refractivity contribution in [1.29, 1.82) is 0 Å². The van der Waals surface area contributed by atoms with Gasteiger partial charge in [-0.15, -0.1) is 0 Å². The Hall–Kier alpha value is -0.570. The first-order valence-electron chi connectivity index (χ1n) is 3.65. The Morgan fingerprint density at radius 2 is 2.30 bits per heavy atom. The van der Waals surface area contributed by atoms with Crippen LogP contribution in [0.25, 0.3) is 0 Å². The van der Waals surface area contributed by atoms with Crippen LogP contribution in [0, 0.1) is 5.92 Å². The maximum absolute atomic E-state index is 11.0. The van der Waals surface area contributed by atoms with Gasteiger partial charge in [0.05, 0.1) is 7.11 Å². The van der Waals surface area contributed by atoms with E-state index in [0.717, 1.165) is 0 Å². The lowest BCUT2D eigenvalue weighted by Crippen LogP contribution is -2.32. The molecule has 2 aliphatic heterocycles. The molecule has 2 saturated heterocycles. The van der Waals surface area contributed by atoms with Gasteiger partial charge in [0.2, 0.25) is 0 Å². The molecule has 3 nitrogen and oxygen atoms in total. The smallest absolute Gasteiger partial charge is 0.323 e. The first-order chi connectivity index (χ1) is 4.81. The Balaban J connectivity index is 2.00. The molecule has 3 rings (SSSR count). The molecule has 1 atom stereocenters. The van der Waals surface area contributed by atoms with Crippen molar-refractivity contribution in [2.75, 3.05) is 7.11 Å². The number of methoxy groups -OCH3 is 1. The molecule has 2 bridgehead atoms. The van der Waals surface area contributed by atoms with E-state index in [9.17, 15) is 4.79 Å². The van der Waals surface area contributed by atoms with E-state index in [-0.39, 0.29) is 12.0 Å². The van der Waals surface area contributed by atoms with E-state index in [2.05, 4.69) is 10.1 Å². The number of esters is 1. The quantitative estimate of drug-likeness (QED) is 0.519. The fourth-order valence-corrected chi connectivity index (χ4v) is 1.85. The molecule has 1 N–H and O–H groups in total. The monoisotopic (exact) mass is 141 g/mol. The first kappa shape index (κ1) is 6.16. The zero-order valence-corrected chi connectivity index (χ0v) is 5.96. The summed E-state index contributed by atoms with van der Waals surface area (Å²) in [7, 11) is 1.44. The van der Waals surface area contributed by atoms with Crippen LogP contribution in [0.4, 0.5) is 0 Å². The Morgan fingerprint density at radius 1 is 1.60 bits per heavy atom. The second-order valence-electron chi connectivity index (χ2n) is 3.10. The van der Waals surface area contributed by atoms with Gasteiger partial charge >= 0.3 is 5.97 Å². The summed E-state index contributed by atoms with van der Waals surface area (Å²) in [5.74, 6) is 0.474. The minimum atomic E-state index is -0.0926. The van der Waals surface area contributed by atoms with Gasteiger partial charge in [0, 0.05) is 6.04 Å². The van der Waals surface area contributed by atoms with E-state index in [4.69, 9.17) is 0 Å². The number of rotatable bonds is 1. The van der Waals surface area contributed by atoms with Crippen LogP contribution in [0.1, 0.15) is 12.8 Å².